The molecule has 0 bridgehead atoms. The van der Waals surface area contributed by atoms with Crippen LogP contribution in [0.3, 0.4) is 0 Å². The molecule has 6 heteroatoms. The van der Waals surface area contributed by atoms with Gasteiger partial charge in [-0.25, -0.2) is 0 Å². The molecule has 1 radical (unpaired) electrons. The van der Waals surface area contributed by atoms with Gasteiger partial charge in [0, 0.05) is 49.0 Å². The predicted octanol–water partition coefficient (Wildman–Crippen LogP) is 0.835. The van der Waals surface area contributed by atoms with Crippen molar-refractivity contribution in [2.75, 3.05) is 6.61 Å². The van der Waals surface area contributed by atoms with E-state index in [1.54, 1.807) is 0 Å². The maximum Gasteiger partial charge on any atom is 0.0917 e. The number of hydrogen-bond donors (Lipinski definition) is 1. The van der Waals surface area contributed by atoms with Crippen LogP contribution in [0.2, 0.25) is 0 Å². The van der Waals surface area contributed by atoms with Crippen molar-refractivity contribution in [3.63, 3.8) is 0 Å². The summed E-state index contributed by atoms with van der Waals surface area (Å²) in [5, 5.41) is 12.7. The van der Waals surface area contributed by atoms with Gasteiger partial charge in [0.2, 0.25) is 0 Å². The first kappa shape index (κ1) is 12.7. The van der Waals surface area contributed by atoms with E-state index in [4.69, 9.17) is 10.3 Å². The van der Waals surface area contributed by atoms with Gasteiger partial charge in [-0.1, -0.05) is 12.0 Å². The number of rotatable bonds is 2. The Morgan fingerprint density at radius 2 is 2.42 bits per heavy atom. The largest absolute Gasteiger partial charge is 0.390 e. The molecule has 1 rings (SSSR count). The molecule has 12 heavy (non-hydrogen) atoms. The van der Waals surface area contributed by atoms with Crippen molar-refractivity contribution >= 4 is 0 Å². The zero-order valence-electron chi connectivity index (χ0n) is 6.92. The molecule has 0 aromatic heterocycles. The Bertz CT molecular complexity index is 184. The second kappa shape index (κ2) is 6.17. The van der Waals surface area contributed by atoms with E-state index in [1.165, 1.54) is 0 Å². The number of azide groups is 1. The van der Waals surface area contributed by atoms with E-state index in [-0.39, 0.29) is 56.8 Å². The van der Waals surface area contributed by atoms with Gasteiger partial charge in [0.15, 0.2) is 0 Å². The van der Waals surface area contributed by atoms with Crippen LogP contribution in [0.15, 0.2) is 5.11 Å². The SMILES string of the molecule is CC[C@H]1OC[C@H](O)[C@@H]1N=[N+]=[N-].[Ac]. The van der Waals surface area contributed by atoms with Crippen LogP contribution in [0.5, 0.6) is 0 Å². The van der Waals surface area contributed by atoms with Crippen LogP contribution in [0, 0.1) is 44.1 Å². The van der Waals surface area contributed by atoms with E-state index in [1.807, 2.05) is 6.92 Å². The fraction of sp³-hybridized carbons (Fsp3) is 1.00. The van der Waals surface area contributed by atoms with Gasteiger partial charge >= 0.3 is 0 Å². The quantitative estimate of drug-likeness (QED) is 0.435. The van der Waals surface area contributed by atoms with Gasteiger partial charge in [-0.05, 0) is 12.0 Å². The first-order valence-corrected chi connectivity index (χ1v) is 3.63. The van der Waals surface area contributed by atoms with Crippen molar-refractivity contribution in [1.82, 2.24) is 0 Å². The molecule has 1 fully saturated rings. The van der Waals surface area contributed by atoms with Crippen molar-refractivity contribution in [2.45, 2.75) is 31.6 Å². The van der Waals surface area contributed by atoms with Gasteiger partial charge in [-0.3, -0.25) is 0 Å². The normalized spacial score (nSPS) is 33.7. The third-order valence-electron chi connectivity index (χ3n) is 1.84. The van der Waals surface area contributed by atoms with E-state index in [9.17, 15) is 5.11 Å². The monoisotopic (exact) mass is 384 g/mol. The maximum atomic E-state index is 9.23. The van der Waals surface area contributed by atoms with Crippen LogP contribution in [-0.4, -0.2) is 30.0 Å². The Morgan fingerprint density at radius 1 is 1.75 bits per heavy atom. The average Bonchev–Trinajstić information content (AvgIpc) is 2.34. The minimum atomic E-state index is -0.629. The molecule has 1 heterocycles. The number of aliphatic hydroxyl groups is 1. The van der Waals surface area contributed by atoms with Crippen molar-refractivity contribution in [3.8, 4) is 0 Å². The second-order valence-electron chi connectivity index (χ2n) is 2.54. The third-order valence-corrected chi connectivity index (χ3v) is 1.84. The Balaban J connectivity index is 0.00000121. The minimum absolute atomic E-state index is 0. The Kier molecular flexibility index (Phi) is 6.52. The summed E-state index contributed by atoms with van der Waals surface area (Å²) in [5.41, 5.74) is 8.15. The zero-order valence-corrected chi connectivity index (χ0v) is 11.7. The molecule has 0 saturated carbocycles. The van der Waals surface area contributed by atoms with Gasteiger partial charge in [0.25, 0.3) is 0 Å². The first-order chi connectivity index (χ1) is 5.29. The first-order valence-electron chi connectivity index (χ1n) is 3.63. The van der Waals surface area contributed by atoms with Gasteiger partial charge in [0.1, 0.15) is 0 Å². The molecule has 0 aliphatic carbocycles. The molecular weight excluding hydrogens is 373 g/mol. The number of aliphatic hydroxyl groups excluding tert-OH is 1. The summed E-state index contributed by atoms with van der Waals surface area (Å²) >= 11 is 0. The average molecular weight is 384 g/mol. The predicted molar refractivity (Wildman–Crippen MR) is 39.0 cm³/mol. The molecule has 1 N–H and O–H groups in total. The fourth-order valence-corrected chi connectivity index (χ4v) is 1.24. The zero-order chi connectivity index (χ0) is 8.27. The molecular formula is C6H11AcN3O2. The van der Waals surface area contributed by atoms with Gasteiger partial charge < -0.3 is 9.84 Å². The minimum Gasteiger partial charge on any atom is -0.390 e. The Labute approximate surface area is 107 Å². The summed E-state index contributed by atoms with van der Waals surface area (Å²) in [6.07, 6.45) is 0.0255. The standard InChI is InChI=1S/C6H11N3O2.Ac/c1-2-5-6(8-9-7)4(10)3-11-5;/h4-6,10H,2-3H2,1H3;/t4-,5+,6-;/m0./s1. The molecule has 1 aliphatic rings. The second-order valence-corrected chi connectivity index (χ2v) is 2.54. The Morgan fingerprint density at radius 3 is 2.92 bits per heavy atom. The van der Waals surface area contributed by atoms with Crippen molar-refractivity contribution in [3.05, 3.63) is 10.4 Å². The van der Waals surface area contributed by atoms with Crippen molar-refractivity contribution in [1.29, 1.82) is 0 Å². The maximum absolute atomic E-state index is 9.23. The number of hydrogen-bond acceptors (Lipinski definition) is 3. The third kappa shape index (κ3) is 2.86. The molecule has 65 valence electrons. The molecule has 0 aromatic rings. The van der Waals surface area contributed by atoms with Crippen LogP contribution >= 0.6 is 0 Å². The van der Waals surface area contributed by atoms with Crippen LogP contribution in [-0.2, 0) is 4.74 Å². The van der Waals surface area contributed by atoms with E-state index in [0.717, 1.165) is 6.42 Å². The van der Waals surface area contributed by atoms with E-state index < -0.39 is 12.1 Å². The van der Waals surface area contributed by atoms with E-state index in [0.29, 0.717) is 0 Å². The summed E-state index contributed by atoms with van der Waals surface area (Å²) in [7, 11) is 0. The van der Waals surface area contributed by atoms with Gasteiger partial charge in [-0.2, -0.15) is 0 Å². The summed E-state index contributed by atoms with van der Waals surface area (Å²) in [5.74, 6) is 0. The fourth-order valence-electron chi connectivity index (χ4n) is 1.24. The molecule has 5 nitrogen and oxygen atoms in total. The number of nitrogens with zero attached hydrogens (tertiary/aromatic N) is 3. The van der Waals surface area contributed by atoms with Crippen molar-refractivity contribution < 1.29 is 53.9 Å². The topological polar surface area (TPSA) is 78.2 Å². The molecule has 0 spiro atoms. The number of ether oxygens (including phenoxy) is 1. The van der Waals surface area contributed by atoms with Crippen molar-refractivity contribution in [2.24, 2.45) is 5.11 Å². The smallest absolute Gasteiger partial charge is 0.0917 e. The molecule has 1 aliphatic heterocycles. The van der Waals surface area contributed by atoms with E-state index >= 15 is 0 Å². The molecule has 1 saturated heterocycles. The van der Waals surface area contributed by atoms with Crippen LogP contribution in [0.1, 0.15) is 13.3 Å². The molecule has 0 aromatic carbocycles. The Hall–Kier alpha value is 0.672. The summed E-state index contributed by atoms with van der Waals surface area (Å²) in [6, 6.07) is -0.398. The van der Waals surface area contributed by atoms with E-state index in [2.05, 4.69) is 10.0 Å². The molecule has 3 atom stereocenters. The van der Waals surface area contributed by atoms with Gasteiger partial charge in [-0.15, -0.1) is 0 Å². The van der Waals surface area contributed by atoms with Gasteiger partial charge in [0.05, 0.1) is 24.9 Å². The van der Waals surface area contributed by atoms with Crippen LogP contribution in [0.25, 0.3) is 10.4 Å². The van der Waals surface area contributed by atoms with Crippen LogP contribution < -0.4 is 0 Å². The summed E-state index contributed by atoms with van der Waals surface area (Å²) in [4.78, 5) is 2.65. The summed E-state index contributed by atoms with van der Waals surface area (Å²) in [6.45, 7) is 2.21. The summed E-state index contributed by atoms with van der Waals surface area (Å²) < 4.78 is 5.16. The van der Waals surface area contributed by atoms with Crippen LogP contribution in [0.4, 0.5) is 0 Å². The molecule has 0 amide bonds. The molecule has 0 unspecified atom stereocenters.